The van der Waals surface area contributed by atoms with E-state index in [-0.39, 0.29) is 39.9 Å². The highest BCUT2D eigenvalue weighted by molar-refractivity contribution is 6.37. The summed E-state index contributed by atoms with van der Waals surface area (Å²) in [6, 6.07) is 3.05. The number of rotatable bonds is 4. The number of carbonyl (C=O) groups excluding carboxylic acids is 2. The minimum atomic E-state index is -0.703. The van der Waals surface area contributed by atoms with Crippen molar-refractivity contribution in [2.45, 2.75) is 38.6 Å². The van der Waals surface area contributed by atoms with E-state index < -0.39 is 5.97 Å². The second-order valence-electron chi connectivity index (χ2n) is 5.57. The van der Waals surface area contributed by atoms with E-state index in [1.807, 2.05) is 0 Å². The summed E-state index contributed by atoms with van der Waals surface area (Å²) in [4.78, 5) is 26.2. The van der Waals surface area contributed by atoms with Crippen LogP contribution in [0.2, 0.25) is 10.0 Å². The summed E-state index contributed by atoms with van der Waals surface area (Å²) in [5, 5.41) is 0.461. The van der Waals surface area contributed by atoms with E-state index in [4.69, 9.17) is 33.7 Å². The topological polar surface area (TPSA) is 72.6 Å². The van der Waals surface area contributed by atoms with Crippen LogP contribution in [0.5, 0.6) is 0 Å². The summed E-state index contributed by atoms with van der Waals surface area (Å²) in [5.74, 6) is -0.887. The molecule has 1 aromatic carbocycles. The molecular weight excluding hydrogens is 339 g/mol. The first-order valence-electron chi connectivity index (χ1n) is 7.65. The quantitative estimate of drug-likeness (QED) is 0.659. The number of amides is 1. The zero-order valence-corrected chi connectivity index (χ0v) is 14.5. The molecule has 1 aliphatic rings. The van der Waals surface area contributed by atoms with E-state index in [2.05, 4.69) is 6.92 Å². The molecule has 0 radical (unpaired) electrons. The minimum absolute atomic E-state index is 0.0704. The largest absolute Gasteiger partial charge is 0.452 e. The molecule has 1 aromatic rings. The van der Waals surface area contributed by atoms with Crippen molar-refractivity contribution in [1.82, 2.24) is 4.90 Å². The van der Waals surface area contributed by atoms with Crippen molar-refractivity contribution in [3.8, 4) is 0 Å². The van der Waals surface area contributed by atoms with Gasteiger partial charge in [-0.1, -0.05) is 30.1 Å². The molecule has 5 nitrogen and oxygen atoms in total. The van der Waals surface area contributed by atoms with Crippen LogP contribution in [0, 0.1) is 0 Å². The lowest BCUT2D eigenvalue weighted by atomic mass is 10.00. The lowest BCUT2D eigenvalue weighted by Gasteiger charge is -2.35. The highest BCUT2D eigenvalue weighted by atomic mass is 35.5. The number of hydrogen-bond acceptors (Lipinski definition) is 4. The first-order valence-corrected chi connectivity index (χ1v) is 8.40. The molecule has 0 aliphatic carbocycles. The smallest absolute Gasteiger partial charge is 0.340 e. The maximum absolute atomic E-state index is 12.3. The number of halogens is 2. The van der Waals surface area contributed by atoms with Crippen molar-refractivity contribution in [2.75, 3.05) is 18.9 Å². The third-order valence-corrected chi connectivity index (χ3v) is 4.59. The fraction of sp³-hybridized carbons (Fsp3) is 0.500. The molecule has 23 heavy (non-hydrogen) atoms. The van der Waals surface area contributed by atoms with Crippen LogP contribution in [0.3, 0.4) is 0 Å². The van der Waals surface area contributed by atoms with Gasteiger partial charge in [-0.2, -0.15) is 0 Å². The monoisotopic (exact) mass is 358 g/mol. The summed E-state index contributed by atoms with van der Waals surface area (Å²) in [6.45, 7) is 2.45. The molecule has 1 atom stereocenters. The number of esters is 1. The summed E-state index contributed by atoms with van der Waals surface area (Å²) in [5.41, 5.74) is 5.92. The predicted octanol–water partition coefficient (Wildman–Crippen LogP) is 3.52. The number of benzene rings is 1. The van der Waals surface area contributed by atoms with E-state index in [1.54, 1.807) is 4.90 Å². The molecule has 2 N–H and O–H groups in total. The van der Waals surface area contributed by atoms with Crippen molar-refractivity contribution in [3.05, 3.63) is 27.7 Å². The van der Waals surface area contributed by atoms with Crippen LogP contribution in [0.25, 0.3) is 0 Å². The van der Waals surface area contributed by atoms with E-state index >= 15 is 0 Å². The average Bonchev–Trinajstić information content (AvgIpc) is 2.55. The number of likely N-dealkylation sites (tertiary alicyclic amines) is 1. The Balaban J connectivity index is 2.00. The zero-order chi connectivity index (χ0) is 17.0. The standard InChI is InChI=1S/C16H20Cl2N2O3/c1-2-11-5-3-4-6-20(11)14(21)9-23-16(22)12-7-10(17)8-13(18)15(12)19/h7-8,11H,2-6,9,19H2,1H3. The normalized spacial score (nSPS) is 17.9. The second-order valence-corrected chi connectivity index (χ2v) is 6.41. The average molecular weight is 359 g/mol. The predicted molar refractivity (Wildman–Crippen MR) is 90.8 cm³/mol. The first-order chi connectivity index (χ1) is 10.9. The number of nitrogen functional groups attached to an aromatic ring is 1. The van der Waals surface area contributed by atoms with E-state index in [0.717, 1.165) is 25.7 Å². The Labute approximate surface area is 145 Å². The van der Waals surface area contributed by atoms with Crippen molar-refractivity contribution < 1.29 is 14.3 Å². The van der Waals surface area contributed by atoms with Crippen LogP contribution >= 0.6 is 23.2 Å². The van der Waals surface area contributed by atoms with Crippen LogP contribution in [0.4, 0.5) is 5.69 Å². The van der Waals surface area contributed by atoms with Gasteiger partial charge < -0.3 is 15.4 Å². The molecule has 126 valence electrons. The lowest BCUT2D eigenvalue weighted by Crippen LogP contribution is -2.45. The molecule has 1 unspecified atom stereocenters. The van der Waals surface area contributed by atoms with Gasteiger partial charge in [0.15, 0.2) is 6.61 Å². The molecule has 0 saturated carbocycles. The molecule has 2 rings (SSSR count). The van der Waals surface area contributed by atoms with Gasteiger partial charge in [0.25, 0.3) is 5.91 Å². The molecule has 7 heteroatoms. The van der Waals surface area contributed by atoms with Gasteiger partial charge in [-0.25, -0.2) is 4.79 Å². The first kappa shape index (κ1) is 17.9. The van der Waals surface area contributed by atoms with Gasteiger partial charge in [-0.3, -0.25) is 4.79 Å². The number of anilines is 1. The maximum atomic E-state index is 12.3. The van der Waals surface area contributed by atoms with Crippen LogP contribution in [0.1, 0.15) is 43.0 Å². The summed E-state index contributed by atoms with van der Waals surface area (Å²) in [7, 11) is 0. The zero-order valence-electron chi connectivity index (χ0n) is 13.0. The van der Waals surface area contributed by atoms with Crippen molar-refractivity contribution >= 4 is 40.8 Å². The van der Waals surface area contributed by atoms with Crippen molar-refractivity contribution in [1.29, 1.82) is 0 Å². The Morgan fingerprint density at radius 1 is 1.35 bits per heavy atom. The van der Waals surface area contributed by atoms with Crippen LogP contribution in [-0.4, -0.2) is 36.0 Å². The summed E-state index contributed by atoms with van der Waals surface area (Å²) < 4.78 is 5.10. The molecule has 0 spiro atoms. The lowest BCUT2D eigenvalue weighted by molar-refractivity contribution is -0.138. The molecular formula is C16H20Cl2N2O3. The number of carbonyl (C=O) groups is 2. The number of nitrogens with zero attached hydrogens (tertiary/aromatic N) is 1. The van der Waals surface area contributed by atoms with Gasteiger partial charge in [0.1, 0.15) is 0 Å². The van der Waals surface area contributed by atoms with Gasteiger partial charge in [0.2, 0.25) is 0 Å². The molecule has 1 heterocycles. The van der Waals surface area contributed by atoms with Crippen molar-refractivity contribution in [2.24, 2.45) is 0 Å². The van der Waals surface area contributed by atoms with Crippen molar-refractivity contribution in [3.63, 3.8) is 0 Å². The third-order valence-electron chi connectivity index (χ3n) is 4.06. The van der Waals surface area contributed by atoms with Gasteiger partial charge in [0, 0.05) is 17.6 Å². The Bertz CT molecular complexity index is 607. The molecule has 1 amide bonds. The molecule has 1 fully saturated rings. The van der Waals surface area contributed by atoms with Crippen LogP contribution in [0.15, 0.2) is 12.1 Å². The second kappa shape index (κ2) is 7.88. The molecule has 1 aliphatic heterocycles. The van der Waals surface area contributed by atoms with Gasteiger partial charge in [0.05, 0.1) is 16.3 Å². The Kier molecular flexibility index (Phi) is 6.13. The number of piperidine rings is 1. The third kappa shape index (κ3) is 4.30. The Hall–Kier alpha value is -1.46. The van der Waals surface area contributed by atoms with Gasteiger partial charge >= 0.3 is 5.97 Å². The van der Waals surface area contributed by atoms with Gasteiger partial charge in [-0.15, -0.1) is 0 Å². The van der Waals surface area contributed by atoms with E-state index in [9.17, 15) is 9.59 Å². The van der Waals surface area contributed by atoms with Gasteiger partial charge in [-0.05, 0) is 37.8 Å². The van der Waals surface area contributed by atoms with E-state index in [1.165, 1.54) is 12.1 Å². The molecule has 0 aromatic heterocycles. The Morgan fingerprint density at radius 2 is 2.09 bits per heavy atom. The Morgan fingerprint density at radius 3 is 2.78 bits per heavy atom. The van der Waals surface area contributed by atoms with Crippen LogP contribution < -0.4 is 5.73 Å². The highest BCUT2D eigenvalue weighted by Gasteiger charge is 2.26. The fourth-order valence-electron chi connectivity index (χ4n) is 2.79. The molecule has 1 saturated heterocycles. The van der Waals surface area contributed by atoms with Crippen LogP contribution in [-0.2, 0) is 9.53 Å². The summed E-state index contributed by atoms with van der Waals surface area (Å²) >= 11 is 11.8. The number of ether oxygens (including phenoxy) is 1. The highest BCUT2D eigenvalue weighted by Crippen LogP contribution is 2.28. The number of hydrogen-bond donors (Lipinski definition) is 1. The maximum Gasteiger partial charge on any atom is 0.340 e. The fourth-order valence-corrected chi connectivity index (χ4v) is 3.29. The van der Waals surface area contributed by atoms with E-state index in [0.29, 0.717) is 6.54 Å². The summed E-state index contributed by atoms with van der Waals surface area (Å²) in [6.07, 6.45) is 4.00. The number of nitrogens with two attached hydrogens (primary N) is 1. The molecule has 0 bridgehead atoms. The minimum Gasteiger partial charge on any atom is -0.452 e. The SMILES string of the molecule is CCC1CCCCN1C(=O)COC(=O)c1cc(Cl)cc(Cl)c1N.